The number of rotatable bonds is 4. The summed E-state index contributed by atoms with van der Waals surface area (Å²) in [5.41, 5.74) is 3.11. The van der Waals surface area contributed by atoms with Gasteiger partial charge in [0.15, 0.2) is 0 Å². The van der Waals surface area contributed by atoms with E-state index in [0.717, 1.165) is 15.4 Å². The van der Waals surface area contributed by atoms with Gasteiger partial charge in [-0.25, -0.2) is 8.42 Å². The van der Waals surface area contributed by atoms with Crippen molar-refractivity contribution < 1.29 is 42.5 Å². The number of hydrogen-bond donors (Lipinski definition) is 0. The van der Waals surface area contributed by atoms with Crippen LogP contribution in [-0.4, -0.2) is 18.0 Å². The molecule has 3 aromatic rings. The Morgan fingerprint density at radius 3 is 2.42 bits per heavy atom. The van der Waals surface area contributed by atoms with Gasteiger partial charge in [0.1, 0.15) is 15.1 Å². The van der Waals surface area contributed by atoms with Crippen LogP contribution in [0.4, 0.5) is 11.4 Å². The van der Waals surface area contributed by atoms with Crippen LogP contribution in [0.1, 0.15) is 13.8 Å². The van der Waals surface area contributed by atoms with Crippen LogP contribution < -0.4 is 34.5 Å². The summed E-state index contributed by atoms with van der Waals surface area (Å²) in [7, 11) is -4.80. The first-order chi connectivity index (χ1) is 14.4. The molecule has 5 nitrogen and oxygen atoms in total. The fraction of sp³-hybridized carbons (Fsp3) is 0.0870. The largest absolute Gasteiger partial charge is 1.00 e. The zero-order valence-electron chi connectivity index (χ0n) is 17.4. The Bertz CT molecular complexity index is 1270. The van der Waals surface area contributed by atoms with Crippen LogP contribution in [0.2, 0.25) is 0 Å². The summed E-state index contributed by atoms with van der Waals surface area (Å²) in [5, 5.41) is -0.280. The fourth-order valence-corrected chi connectivity index (χ4v) is 5.52. The summed E-state index contributed by atoms with van der Waals surface area (Å²) in [5.74, 6) is 0. The third-order valence-electron chi connectivity index (χ3n) is 4.68. The average molecular weight is 459 g/mol. The van der Waals surface area contributed by atoms with Crippen LogP contribution in [-0.2, 0) is 10.1 Å². The molecular weight excluding hydrogens is 439 g/mol. The van der Waals surface area contributed by atoms with Crippen molar-refractivity contribution in [3.8, 4) is 11.3 Å². The molecule has 0 bridgehead atoms. The van der Waals surface area contributed by atoms with Crippen LogP contribution in [0.5, 0.6) is 0 Å². The Kier molecular flexibility index (Phi) is 7.47. The molecule has 0 saturated carbocycles. The molecule has 2 aromatic carbocycles. The molecule has 0 amide bonds. The number of pyridine rings is 1. The minimum Gasteiger partial charge on any atom is -0.743 e. The smallest absolute Gasteiger partial charge is 0.743 e. The van der Waals surface area contributed by atoms with E-state index >= 15 is 0 Å². The minimum absolute atomic E-state index is 0. The van der Waals surface area contributed by atoms with E-state index in [1.807, 2.05) is 60.7 Å². The van der Waals surface area contributed by atoms with E-state index in [1.165, 1.54) is 0 Å². The predicted octanol–water partition coefficient (Wildman–Crippen LogP) is 2.71. The van der Waals surface area contributed by atoms with Gasteiger partial charge in [0.05, 0.1) is 17.1 Å². The molecule has 31 heavy (non-hydrogen) atoms. The van der Waals surface area contributed by atoms with Crippen molar-refractivity contribution in [3.63, 3.8) is 0 Å². The third-order valence-corrected chi connectivity index (χ3v) is 6.78. The van der Waals surface area contributed by atoms with Crippen LogP contribution in [0, 0.1) is 0 Å². The molecule has 0 N–H and O–H groups in total. The van der Waals surface area contributed by atoms with Crippen molar-refractivity contribution in [2.24, 2.45) is 0 Å². The van der Waals surface area contributed by atoms with Crippen LogP contribution in [0.3, 0.4) is 0 Å². The fourth-order valence-electron chi connectivity index (χ4n) is 3.55. The molecule has 0 unspecified atom stereocenters. The first-order valence-corrected chi connectivity index (χ1v) is 11.5. The van der Waals surface area contributed by atoms with Crippen molar-refractivity contribution in [2.75, 3.05) is 4.90 Å². The number of fused-ring (bicyclic) bond motifs is 2. The number of anilines is 2. The summed E-state index contributed by atoms with van der Waals surface area (Å²) in [6.07, 6.45) is 5.05. The molecule has 4 rings (SSSR count). The molecule has 0 radical (unpaired) electrons. The first-order valence-electron chi connectivity index (χ1n) is 9.32. The van der Waals surface area contributed by atoms with Crippen molar-refractivity contribution in [3.05, 3.63) is 89.6 Å². The average Bonchev–Trinajstić information content (AvgIpc) is 2.73. The number of benzene rings is 2. The van der Waals surface area contributed by atoms with Gasteiger partial charge < -0.3 is 4.55 Å². The third kappa shape index (κ3) is 4.67. The second kappa shape index (κ2) is 9.73. The first kappa shape index (κ1) is 23.8. The van der Waals surface area contributed by atoms with Crippen LogP contribution in [0.25, 0.3) is 11.3 Å². The van der Waals surface area contributed by atoms with Crippen LogP contribution in [0.15, 0.2) is 99.4 Å². The van der Waals surface area contributed by atoms with E-state index < -0.39 is 10.1 Å². The molecule has 0 atom stereocenters. The van der Waals surface area contributed by atoms with Crippen molar-refractivity contribution in [2.45, 2.75) is 23.6 Å². The zero-order valence-corrected chi connectivity index (χ0v) is 21.1. The summed E-state index contributed by atoms with van der Waals surface area (Å²) in [6.45, 7) is 3.42. The second-order valence-electron chi connectivity index (χ2n) is 6.71. The Morgan fingerprint density at radius 1 is 1.03 bits per heavy atom. The molecule has 0 fully saturated rings. The van der Waals surface area contributed by atoms with Gasteiger partial charge in [-0.2, -0.15) is 0 Å². The molecule has 0 spiro atoms. The van der Waals surface area contributed by atoms with Gasteiger partial charge in [-0.05, 0) is 49.8 Å². The number of para-hydroxylation sites is 2. The summed E-state index contributed by atoms with van der Waals surface area (Å²) in [6, 6.07) is 18.8. The van der Waals surface area contributed by atoms with Crippen LogP contribution >= 0.6 is 11.8 Å². The molecule has 1 aromatic heterocycles. The van der Waals surface area contributed by atoms with Gasteiger partial charge in [-0.15, -0.1) is 0 Å². The molecule has 8 heteroatoms. The molecule has 2 heterocycles. The summed E-state index contributed by atoms with van der Waals surface area (Å²) in [4.78, 5) is 7.75. The monoisotopic (exact) mass is 458 g/mol. The molecular formula is C23H19N2NaO3S2. The number of aromatic nitrogens is 1. The molecule has 1 aliphatic rings. The standard InChI is InChI=1S/C23H20N2O3S2.Na/c1-3-9-16(2)23(30(26,27)28)25-19-12-4-5-13-20(19)29-21-14-8-10-17(22(21)25)18-11-6-7-15-24-18;/h3-15H,1-2H3,(H,26,27,28);/q;+1/p-1/b9-3-,23-16+;. The van der Waals surface area contributed by atoms with Gasteiger partial charge in [-0.1, -0.05) is 54.2 Å². The maximum absolute atomic E-state index is 12.5. The molecule has 0 saturated heterocycles. The van der Waals surface area contributed by atoms with E-state index in [1.54, 1.807) is 48.9 Å². The molecule has 0 aliphatic carbocycles. The SMILES string of the molecule is C/C=C\C(C)=C(/N1c2ccccc2Sc2cccc(-c3ccccn3)c21)S(=O)(=O)[O-].[Na+]. The van der Waals surface area contributed by atoms with E-state index in [9.17, 15) is 13.0 Å². The summed E-state index contributed by atoms with van der Waals surface area (Å²) >= 11 is 1.54. The van der Waals surface area contributed by atoms with Gasteiger partial charge in [0.2, 0.25) is 0 Å². The van der Waals surface area contributed by atoms with Crippen molar-refractivity contribution >= 4 is 33.3 Å². The molecule has 152 valence electrons. The molecule has 1 aliphatic heterocycles. The normalized spacial score (nSPS) is 13.8. The Morgan fingerprint density at radius 2 is 1.74 bits per heavy atom. The zero-order chi connectivity index (χ0) is 21.3. The Hall–Kier alpha value is -1.87. The number of allylic oxidation sites excluding steroid dienone is 3. The van der Waals surface area contributed by atoms with E-state index in [4.69, 9.17) is 0 Å². The quantitative estimate of drug-likeness (QED) is 0.340. The van der Waals surface area contributed by atoms with E-state index in [2.05, 4.69) is 4.98 Å². The topological polar surface area (TPSA) is 73.3 Å². The number of hydrogen-bond acceptors (Lipinski definition) is 6. The van der Waals surface area contributed by atoms with E-state index in [0.29, 0.717) is 22.6 Å². The minimum atomic E-state index is -4.80. The van der Waals surface area contributed by atoms with Crippen molar-refractivity contribution in [1.29, 1.82) is 0 Å². The van der Waals surface area contributed by atoms with Gasteiger partial charge in [0, 0.05) is 21.6 Å². The Labute approximate surface area is 208 Å². The maximum Gasteiger partial charge on any atom is 1.00 e. The number of nitrogens with zero attached hydrogens (tertiary/aromatic N) is 2. The van der Waals surface area contributed by atoms with E-state index in [-0.39, 0.29) is 34.6 Å². The predicted molar refractivity (Wildman–Crippen MR) is 120 cm³/mol. The maximum atomic E-state index is 12.5. The van der Waals surface area contributed by atoms with Crippen molar-refractivity contribution in [1.82, 2.24) is 4.98 Å². The second-order valence-corrected chi connectivity index (χ2v) is 9.09. The van der Waals surface area contributed by atoms with Gasteiger partial charge in [0.25, 0.3) is 0 Å². The Balaban J connectivity index is 0.00000272. The van der Waals surface area contributed by atoms with Gasteiger partial charge >= 0.3 is 29.6 Å². The summed E-state index contributed by atoms with van der Waals surface area (Å²) < 4.78 is 37.5. The van der Waals surface area contributed by atoms with Gasteiger partial charge in [-0.3, -0.25) is 9.88 Å².